The molecule has 0 saturated heterocycles. The first kappa shape index (κ1) is 36.3. The number of carbonyl (C=O) groups excluding carboxylic acids is 5. The highest BCUT2D eigenvalue weighted by atomic mass is 16.5. The molecular weight excluding hydrogens is 516 g/mol. The van der Waals surface area contributed by atoms with E-state index < -0.39 is 24.1 Å². The van der Waals surface area contributed by atoms with Gasteiger partial charge in [-0.25, -0.2) is 4.79 Å². The molecule has 2 atom stereocenters. The summed E-state index contributed by atoms with van der Waals surface area (Å²) in [5, 5.41) is 11.2. The summed E-state index contributed by atoms with van der Waals surface area (Å²) in [6.45, 7) is 5.90. The maximum atomic E-state index is 12.8. The molecule has 1 fully saturated rings. The van der Waals surface area contributed by atoms with E-state index in [4.69, 9.17) is 15.3 Å². The van der Waals surface area contributed by atoms with Gasteiger partial charge in [-0.15, -0.1) is 0 Å². The Hall–Kier alpha value is -3.67. The molecule has 40 heavy (non-hydrogen) atoms. The monoisotopic (exact) mass is 564 g/mol. The molecule has 5 amide bonds. The molecule has 2 unspecified atom stereocenters. The van der Waals surface area contributed by atoms with Gasteiger partial charge in [0.2, 0.25) is 24.1 Å². The van der Waals surface area contributed by atoms with Gasteiger partial charge in [-0.1, -0.05) is 71.4 Å². The zero-order valence-corrected chi connectivity index (χ0v) is 24.3. The highest BCUT2D eigenvalue weighted by Gasteiger charge is 2.28. The maximum absolute atomic E-state index is 12.8. The first-order chi connectivity index (χ1) is 19.1. The predicted octanol–water partition coefficient (Wildman–Crippen LogP) is 2.31. The van der Waals surface area contributed by atoms with Crippen LogP contribution in [0.2, 0.25) is 0 Å². The van der Waals surface area contributed by atoms with E-state index >= 15 is 0 Å². The number of hydrogen-bond donors (Lipinski definition) is 6. The summed E-state index contributed by atoms with van der Waals surface area (Å²) in [7, 11) is 1.75. The molecule has 0 bridgehead atoms. The van der Waals surface area contributed by atoms with Crippen LogP contribution in [0.1, 0.15) is 77.7 Å². The lowest BCUT2D eigenvalue weighted by atomic mass is 10.0. The molecule has 8 N–H and O–H groups in total. The Morgan fingerprint density at radius 2 is 1.48 bits per heavy atom. The van der Waals surface area contributed by atoms with Gasteiger partial charge in [0.25, 0.3) is 0 Å². The molecule has 0 aromatic heterocycles. The van der Waals surface area contributed by atoms with Gasteiger partial charge in [0.05, 0.1) is 0 Å². The van der Waals surface area contributed by atoms with Gasteiger partial charge in [-0.05, 0) is 43.6 Å². The predicted molar refractivity (Wildman–Crippen MR) is 155 cm³/mol. The largest absolute Gasteiger partial charge is 0.445 e. The molecular formula is C28H48N6O6. The third-order valence-corrected chi connectivity index (χ3v) is 6.01. The molecule has 2 rings (SSSR count). The van der Waals surface area contributed by atoms with Crippen LogP contribution in [0.5, 0.6) is 0 Å². The lowest BCUT2D eigenvalue weighted by Gasteiger charge is -2.25. The molecule has 12 heteroatoms. The Morgan fingerprint density at radius 1 is 0.950 bits per heavy atom. The number of hydrogen-bond acceptors (Lipinski definition) is 7. The highest BCUT2D eigenvalue weighted by Crippen LogP contribution is 2.15. The maximum Gasteiger partial charge on any atom is 0.404 e. The van der Waals surface area contributed by atoms with Gasteiger partial charge in [0, 0.05) is 12.1 Å². The molecule has 1 aromatic rings. The second kappa shape index (κ2) is 22.2. The molecule has 0 spiro atoms. The normalized spacial score (nSPS) is 13.6. The Balaban J connectivity index is 0.00000143. The van der Waals surface area contributed by atoms with Gasteiger partial charge in [-0.2, -0.15) is 0 Å². The van der Waals surface area contributed by atoms with Crippen molar-refractivity contribution in [3.8, 4) is 0 Å². The van der Waals surface area contributed by atoms with Crippen LogP contribution in [0.15, 0.2) is 24.3 Å². The van der Waals surface area contributed by atoms with Crippen LogP contribution >= 0.6 is 0 Å². The second-order valence-corrected chi connectivity index (χ2v) is 9.65. The van der Waals surface area contributed by atoms with E-state index in [1.54, 1.807) is 38.2 Å². The minimum Gasteiger partial charge on any atom is -0.445 e. The van der Waals surface area contributed by atoms with E-state index in [2.05, 4.69) is 27.0 Å². The average molecular weight is 565 g/mol. The van der Waals surface area contributed by atoms with Crippen molar-refractivity contribution in [2.75, 3.05) is 18.9 Å². The number of amides is 5. The van der Waals surface area contributed by atoms with E-state index in [1.807, 2.05) is 13.8 Å². The molecule has 1 aromatic carbocycles. The number of benzene rings is 1. The minimum absolute atomic E-state index is 0.0322. The van der Waals surface area contributed by atoms with Crippen molar-refractivity contribution >= 4 is 35.9 Å². The van der Waals surface area contributed by atoms with E-state index in [1.165, 1.54) is 38.5 Å². The van der Waals surface area contributed by atoms with Crippen molar-refractivity contribution < 1.29 is 28.7 Å². The summed E-state index contributed by atoms with van der Waals surface area (Å²) >= 11 is 0. The second-order valence-electron chi connectivity index (χ2n) is 9.65. The number of nitrogens with one attached hydrogen (secondary N) is 4. The number of rotatable bonds is 12. The fourth-order valence-corrected chi connectivity index (χ4v) is 3.76. The van der Waals surface area contributed by atoms with E-state index in [0.29, 0.717) is 24.2 Å². The molecule has 226 valence electrons. The lowest BCUT2D eigenvalue weighted by Crippen LogP contribution is -2.54. The SMILES string of the molecule is C1CCCCC1.CCC(=O)NC(C(=O)NC(CCNC)C(=O)Nc1ccc(COC(N)=O)cc1)C(C)C.NC=O. The molecule has 1 aliphatic carbocycles. The quantitative estimate of drug-likeness (QED) is 0.209. The molecule has 1 aliphatic rings. The first-order valence-electron chi connectivity index (χ1n) is 13.8. The summed E-state index contributed by atoms with van der Waals surface area (Å²) in [6, 6.07) is 5.17. The zero-order chi connectivity index (χ0) is 30.3. The third kappa shape index (κ3) is 17.0. The van der Waals surface area contributed by atoms with Crippen LogP contribution in [0, 0.1) is 5.92 Å². The summed E-state index contributed by atoms with van der Waals surface area (Å²) < 4.78 is 4.72. The van der Waals surface area contributed by atoms with E-state index in [9.17, 15) is 19.2 Å². The fourth-order valence-electron chi connectivity index (χ4n) is 3.76. The Bertz CT molecular complexity index is 878. The molecule has 0 heterocycles. The zero-order valence-electron chi connectivity index (χ0n) is 24.3. The minimum atomic E-state index is -0.865. The van der Waals surface area contributed by atoms with Crippen LogP contribution in [0.4, 0.5) is 10.5 Å². The number of anilines is 1. The molecule has 12 nitrogen and oxygen atoms in total. The van der Waals surface area contributed by atoms with Crippen molar-refractivity contribution in [1.29, 1.82) is 0 Å². The lowest BCUT2D eigenvalue weighted by molar-refractivity contribution is -0.132. The van der Waals surface area contributed by atoms with E-state index in [0.717, 1.165) is 0 Å². The van der Waals surface area contributed by atoms with Crippen molar-refractivity contribution in [2.45, 2.75) is 90.8 Å². The molecule has 0 aliphatic heterocycles. The number of primary amides is 2. The molecule has 1 saturated carbocycles. The molecule has 0 radical (unpaired) electrons. The fraction of sp³-hybridized carbons (Fsp3) is 0.607. The summed E-state index contributed by atoms with van der Waals surface area (Å²) in [6.07, 6.45) is 9.02. The van der Waals surface area contributed by atoms with Crippen LogP contribution in [0.3, 0.4) is 0 Å². The standard InChI is InChI=1S/C21H33N5O5.C6H12.CH3NO/c1-5-17(27)26-18(13(2)3)20(29)25-16(10-11-23-4)19(28)24-15-8-6-14(7-9-15)12-31-21(22)30;1-2-4-6-5-3-1;2-1-3/h6-9,13,16,18,23H,5,10-12H2,1-4H3,(H2,22,30)(H,24,28)(H,25,29)(H,26,27);1-6H2;1H,(H2,2,3). The summed E-state index contributed by atoms with van der Waals surface area (Å²) in [4.78, 5) is 56.6. The van der Waals surface area contributed by atoms with Crippen molar-refractivity contribution in [2.24, 2.45) is 17.4 Å². The highest BCUT2D eigenvalue weighted by molar-refractivity contribution is 5.98. The van der Waals surface area contributed by atoms with Crippen LogP contribution in [0.25, 0.3) is 0 Å². The van der Waals surface area contributed by atoms with Gasteiger partial charge in [0.1, 0.15) is 18.7 Å². The van der Waals surface area contributed by atoms with Crippen molar-refractivity contribution in [1.82, 2.24) is 16.0 Å². The van der Waals surface area contributed by atoms with Crippen LogP contribution in [-0.4, -0.2) is 55.9 Å². The van der Waals surface area contributed by atoms with Gasteiger partial charge in [0.15, 0.2) is 0 Å². The Kier molecular flexibility index (Phi) is 20.1. The van der Waals surface area contributed by atoms with Gasteiger partial charge >= 0.3 is 6.09 Å². The van der Waals surface area contributed by atoms with Crippen molar-refractivity contribution in [3.05, 3.63) is 29.8 Å². The van der Waals surface area contributed by atoms with Crippen LogP contribution in [-0.2, 0) is 30.5 Å². The smallest absolute Gasteiger partial charge is 0.404 e. The van der Waals surface area contributed by atoms with Crippen LogP contribution < -0.4 is 32.7 Å². The van der Waals surface area contributed by atoms with Gasteiger partial charge in [-0.3, -0.25) is 19.2 Å². The summed E-state index contributed by atoms with van der Waals surface area (Å²) in [5.74, 6) is -1.16. The average Bonchev–Trinajstić information content (AvgIpc) is 2.94. The third-order valence-electron chi connectivity index (χ3n) is 6.01. The number of carbonyl (C=O) groups is 5. The Labute approximate surface area is 237 Å². The number of ether oxygens (including phenoxy) is 1. The number of nitrogens with two attached hydrogens (primary N) is 2. The van der Waals surface area contributed by atoms with E-state index in [-0.39, 0.29) is 37.2 Å². The summed E-state index contributed by atoms with van der Waals surface area (Å²) in [5.41, 5.74) is 10.3. The Morgan fingerprint density at radius 3 is 1.90 bits per heavy atom. The first-order valence-corrected chi connectivity index (χ1v) is 13.8. The topological polar surface area (TPSA) is 195 Å². The van der Waals surface area contributed by atoms with Crippen molar-refractivity contribution in [3.63, 3.8) is 0 Å². The van der Waals surface area contributed by atoms with Gasteiger partial charge < -0.3 is 37.5 Å².